The van der Waals surface area contributed by atoms with Gasteiger partial charge in [-0.05, 0) is 12.1 Å². The van der Waals surface area contributed by atoms with Crippen molar-refractivity contribution in [3.63, 3.8) is 0 Å². The van der Waals surface area contributed by atoms with Gasteiger partial charge in [-0.25, -0.2) is 9.78 Å². The van der Waals surface area contributed by atoms with Crippen molar-refractivity contribution in [2.24, 2.45) is 0 Å². The molecule has 5 nitrogen and oxygen atoms in total. The Hall–Kier alpha value is -1.62. The molecule has 1 aliphatic heterocycles. The molecule has 0 atom stereocenters. The Balaban J connectivity index is 2.24. The molecule has 15 heavy (non-hydrogen) atoms. The molecule has 0 aromatic carbocycles. The molecule has 1 fully saturated rings. The van der Waals surface area contributed by atoms with Gasteiger partial charge in [0.15, 0.2) is 0 Å². The van der Waals surface area contributed by atoms with Crippen molar-refractivity contribution < 1.29 is 9.59 Å². The lowest BCUT2D eigenvalue weighted by atomic mass is 10.2. The molecule has 1 aliphatic rings. The van der Waals surface area contributed by atoms with E-state index in [0.717, 1.165) is 4.90 Å². The number of nitrogens with one attached hydrogen (secondary N) is 1. The third-order valence-corrected chi connectivity index (χ3v) is 2.28. The number of urea groups is 1. The smallest absolute Gasteiger partial charge is 0.324 e. The maximum Gasteiger partial charge on any atom is 0.324 e. The van der Waals surface area contributed by atoms with Crippen LogP contribution in [0.5, 0.6) is 0 Å². The molecule has 2 rings (SSSR count). The van der Waals surface area contributed by atoms with Gasteiger partial charge in [0.1, 0.15) is 5.15 Å². The highest BCUT2D eigenvalue weighted by atomic mass is 35.5. The van der Waals surface area contributed by atoms with E-state index in [4.69, 9.17) is 11.6 Å². The predicted molar refractivity (Wildman–Crippen MR) is 53.7 cm³/mol. The van der Waals surface area contributed by atoms with Gasteiger partial charge in [-0.3, -0.25) is 9.69 Å². The van der Waals surface area contributed by atoms with Crippen molar-refractivity contribution in [1.29, 1.82) is 0 Å². The summed E-state index contributed by atoms with van der Waals surface area (Å²) in [5, 5.41) is 2.79. The van der Waals surface area contributed by atoms with Crippen LogP contribution in [-0.2, 0) is 0 Å². The van der Waals surface area contributed by atoms with Crippen LogP contribution >= 0.6 is 11.6 Å². The molecule has 2 heterocycles. The Labute approximate surface area is 91.0 Å². The summed E-state index contributed by atoms with van der Waals surface area (Å²) in [6, 6.07) is 2.60. The van der Waals surface area contributed by atoms with Crippen LogP contribution in [0.4, 0.5) is 4.79 Å². The van der Waals surface area contributed by atoms with E-state index < -0.39 is 0 Å². The average molecular weight is 226 g/mol. The first-order chi connectivity index (χ1) is 7.18. The van der Waals surface area contributed by atoms with Crippen molar-refractivity contribution in [3.8, 4) is 0 Å². The standard InChI is InChI=1S/C9H8ClN3O2/c10-7-5-6(1-2-11-7)8(14)13-4-3-12-9(13)15/h1-2,5H,3-4H2,(H,12,15). The van der Waals surface area contributed by atoms with Gasteiger partial charge in [0.2, 0.25) is 0 Å². The molecular weight excluding hydrogens is 218 g/mol. The molecule has 0 aliphatic carbocycles. The Morgan fingerprint density at radius 3 is 3.00 bits per heavy atom. The summed E-state index contributed by atoms with van der Waals surface area (Å²) in [6.07, 6.45) is 1.43. The lowest BCUT2D eigenvalue weighted by Gasteiger charge is -2.11. The Bertz CT molecular complexity index is 422. The van der Waals surface area contributed by atoms with Gasteiger partial charge >= 0.3 is 6.03 Å². The molecule has 6 heteroatoms. The summed E-state index contributed by atoms with van der Waals surface area (Å²) < 4.78 is 0. The van der Waals surface area contributed by atoms with Gasteiger partial charge in [0, 0.05) is 24.8 Å². The molecule has 0 radical (unpaired) electrons. The first kappa shape index (κ1) is 9.92. The summed E-state index contributed by atoms with van der Waals surface area (Å²) >= 11 is 5.65. The lowest BCUT2D eigenvalue weighted by molar-refractivity contribution is 0.0829. The monoisotopic (exact) mass is 225 g/mol. The molecule has 78 valence electrons. The number of hydrogen-bond acceptors (Lipinski definition) is 3. The first-order valence-electron chi connectivity index (χ1n) is 4.40. The largest absolute Gasteiger partial charge is 0.336 e. The predicted octanol–water partition coefficient (Wildman–Crippen LogP) is 0.900. The van der Waals surface area contributed by atoms with Crippen LogP contribution in [0.3, 0.4) is 0 Å². The summed E-state index contributed by atoms with van der Waals surface area (Å²) in [4.78, 5) is 27.9. The zero-order valence-electron chi connectivity index (χ0n) is 7.74. The zero-order chi connectivity index (χ0) is 10.8. The molecule has 0 unspecified atom stereocenters. The van der Waals surface area contributed by atoms with Crippen molar-refractivity contribution in [2.45, 2.75) is 0 Å². The highest BCUT2D eigenvalue weighted by Crippen LogP contribution is 2.11. The van der Waals surface area contributed by atoms with Gasteiger partial charge in [-0.1, -0.05) is 11.6 Å². The number of rotatable bonds is 1. The van der Waals surface area contributed by atoms with Gasteiger partial charge in [-0.15, -0.1) is 0 Å². The lowest BCUT2D eigenvalue weighted by Crippen LogP contribution is -2.34. The third kappa shape index (κ3) is 1.92. The number of hydrogen-bond donors (Lipinski definition) is 1. The fourth-order valence-electron chi connectivity index (χ4n) is 1.36. The second-order valence-corrected chi connectivity index (χ2v) is 3.44. The summed E-state index contributed by atoms with van der Waals surface area (Å²) in [5.41, 5.74) is 0.368. The maximum atomic E-state index is 11.8. The van der Waals surface area contributed by atoms with Crippen molar-refractivity contribution in [2.75, 3.05) is 13.1 Å². The van der Waals surface area contributed by atoms with E-state index in [0.29, 0.717) is 18.7 Å². The number of aromatic nitrogens is 1. The summed E-state index contributed by atoms with van der Waals surface area (Å²) in [5.74, 6) is -0.352. The second kappa shape index (κ2) is 3.86. The van der Waals surface area contributed by atoms with Crippen LogP contribution in [0.25, 0.3) is 0 Å². The van der Waals surface area contributed by atoms with Gasteiger partial charge in [-0.2, -0.15) is 0 Å². The number of nitrogens with zero attached hydrogens (tertiary/aromatic N) is 2. The van der Waals surface area contributed by atoms with E-state index in [1.807, 2.05) is 0 Å². The number of halogens is 1. The highest BCUT2D eigenvalue weighted by molar-refractivity contribution is 6.29. The second-order valence-electron chi connectivity index (χ2n) is 3.06. The van der Waals surface area contributed by atoms with E-state index in [1.54, 1.807) is 0 Å². The van der Waals surface area contributed by atoms with Crippen molar-refractivity contribution in [1.82, 2.24) is 15.2 Å². The molecular formula is C9H8ClN3O2. The summed E-state index contributed by atoms with van der Waals surface area (Å²) in [7, 11) is 0. The van der Waals surface area contributed by atoms with Gasteiger partial charge in [0.05, 0.1) is 0 Å². The minimum absolute atomic E-state index is 0.237. The SMILES string of the molecule is O=C1NCCN1C(=O)c1ccnc(Cl)c1. The van der Waals surface area contributed by atoms with E-state index >= 15 is 0 Å². The summed E-state index contributed by atoms with van der Waals surface area (Å²) in [6.45, 7) is 0.876. The Kier molecular flexibility index (Phi) is 2.55. The van der Waals surface area contributed by atoms with E-state index in [1.165, 1.54) is 18.3 Å². The highest BCUT2D eigenvalue weighted by Gasteiger charge is 2.26. The molecule has 1 aromatic heterocycles. The van der Waals surface area contributed by atoms with Crippen LogP contribution in [0.2, 0.25) is 5.15 Å². The van der Waals surface area contributed by atoms with E-state index in [9.17, 15) is 9.59 Å². The van der Waals surface area contributed by atoms with Crippen LogP contribution < -0.4 is 5.32 Å². The molecule has 0 spiro atoms. The van der Waals surface area contributed by atoms with E-state index in [-0.39, 0.29) is 17.1 Å². The van der Waals surface area contributed by atoms with Crippen LogP contribution in [0.1, 0.15) is 10.4 Å². The molecule has 1 N–H and O–H groups in total. The molecule has 1 aromatic rings. The third-order valence-electron chi connectivity index (χ3n) is 2.08. The van der Waals surface area contributed by atoms with Crippen LogP contribution in [-0.4, -0.2) is 34.9 Å². The fraction of sp³-hybridized carbons (Fsp3) is 0.222. The minimum atomic E-state index is -0.368. The molecule has 1 saturated heterocycles. The zero-order valence-corrected chi connectivity index (χ0v) is 8.49. The Morgan fingerprint density at radius 2 is 2.40 bits per heavy atom. The Morgan fingerprint density at radius 1 is 1.60 bits per heavy atom. The molecule has 0 bridgehead atoms. The number of carbonyl (C=O) groups excluding carboxylic acids is 2. The van der Waals surface area contributed by atoms with Gasteiger partial charge < -0.3 is 5.32 Å². The van der Waals surface area contributed by atoms with E-state index in [2.05, 4.69) is 10.3 Å². The normalized spacial score (nSPS) is 15.3. The first-order valence-corrected chi connectivity index (χ1v) is 4.77. The quantitative estimate of drug-likeness (QED) is 0.723. The van der Waals surface area contributed by atoms with Crippen LogP contribution in [0, 0.1) is 0 Å². The fourth-order valence-corrected chi connectivity index (χ4v) is 1.53. The molecule has 0 saturated carbocycles. The number of carbonyl (C=O) groups is 2. The number of pyridine rings is 1. The van der Waals surface area contributed by atoms with Gasteiger partial charge in [0.25, 0.3) is 5.91 Å². The molecule has 3 amide bonds. The minimum Gasteiger partial charge on any atom is -0.336 e. The number of amides is 3. The van der Waals surface area contributed by atoms with Crippen LogP contribution in [0.15, 0.2) is 18.3 Å². The number of imide groups is 1. The average Bonchev–Trinajstić information content (AvgIpc) is 2.63. The topological polar surface area (TPSA) is 62.3 Å². The van der Waals surface area contributed by atoms with Crippen molar-refractivity contribution >= 4 is 23.5 Å². The van der Waals surface area contributed by atoms with Crippen molar-refractivity contribution in [3.05, 3.63) is 29.0 Å². The maximum absolute atomic E-state index is 11.8.